The molecule has 26 heavy (non-hydrogen) atoms. The normalized spacial score (nSPS) is 10.1. The highest BCUT2D eigenvalue weighted by Crippen LogP contribution is 2.16. The highest BCUT2D eigenvalue weighted by molar-refractivity contribution is 5.67. The van der Waals surface area contributed by atoms with E-state index in [1.165, 1.54) is 16.8 Å². The molecule has 2 aromatic rings. The van der Waals surface area contributed by atoms with Crippen LogP contribution in [0, 0.1) is 0 Å². The molecule has 0 spiro atoms. The van der Waals surface area contributed by atoms with Crippen LogP contribution in [0.3, 0.4) is 0 Å². The van der Waals surface area contributed by atoms with Gasteiger partial charge in [0.2, 0.25) is 6.54 Å². The number of nitrogens with zero attached hydrogens (tertiary/aromatic N) is 2. The molecule has 1 heterocycles. The van der Waals surface area contributed by atoms with Gasteiger partial charge in [-0.15, -0.1) is 0 Å². The molecule has 0 aliphatic rings. The molecule has 0 aliphatic carbocycles. The second kappa shape index (κ2) is 11.7. The lowest BCUT2D eigenvalue weighted by Gasteiger charge is -2.21. The van der Waals surface area contributed by atoms with Gasteiger partial charge in [0.25, 0.3) is 0 Å². The number of hydrogen-bond acceptors (Lipinski definition) is 3. The summed E-state index contributed by atoms with van der Waals surface area (Å²) in [7, 11) is 0. The molecule has 1 aromatic heterocycles. The molecule has 1 aromatic carbocycles. The van der Waals surface area contributed by atoms with Gasteiger partial charge >= 0.3 is 5.97 Å². The predicted molar refractivity (Wildman–Crippen MR) is 101 cm³/mol. The Morgan fingerprint density at radius 1 is 0.923 bits per heavy atom. The second-order valence-electron chi connectivity index (χ2n) is 6.02. The summed E-state index contributed by atoms with van der Waals surface area (Å²) in [6.45, 7) is 8.94. The molecule has 0 amide bonds. The van der Waals surface area contributed by atoms with E-state index in [-0.39, 0.29) is 29.5 Å². The maximum absolute atomic E-state index is 11.5. The highest BCUT2D eigenvalue weighted by atomic mass is 79.9. The first-order valence-corrected chi connectivity index (χ1v) is 9.13. The predicted octanol–water partition coefficient (Wildman–Crippen LogP) is 0.173. The minimum Gasteiger partial charge on any atom is -1.00 e. The molecular formula is C21H29BrN2O2. The molecule has 0 atom stereocenters. The number of esters is 1. The van der Waals surface area contributed by atoms with Gasteiger partial charge in [0, 0.05) is 30.9 Å². The first-order chi connectivity index (χ1) is 12.2. The van der Waals surface area contributed by atoms with E-state index in [1.807, 2.05) is 23.9 Å². The van der Waals surface area contributed by atoms with Crippen LogP contribution in [-0.2, 0) is 28.9 Å². The Balaban J connectivity index is 0.00000338. The fourth-order valence-electron chi connectivity index (χ4n) is 2.87. The zero-order valence-electron chi connectivity index (χ0n) is 16.0. The van der Waals surface area contributed by atoms with Crippen LogP contribution in [0.25, 0.3) is 0 Å². The third kappa shape index (κ3) is 6.79. The minimum absolute atomic E-state index is 0. The number of anilines is 1. The Hall–Kier alpha value is -1.88. The Morgan fingerprint density at radius 3 is 1.96 bits per heavy atom. The Labute approximate surface area is 167 Å². The topological polar surface area (TPSA) is 33.4 Å². The zero-order chi connectivity index (χ0) is 18.1. The minimum atomic E-state index is -0.200. The molecule has 0 radical (unpaired) electrons. The van der Waals surface area contributed by atoms with E-state index in [9.17, 15) is 4.79 Å². The maximum Gasteiger partial charge on any atom is 0.372 e. The zero-order valence-corrected chi connectivity index (χ0v) is 17.5. The number of aromatic nitrogens is 1. The van der Waals surface area contributed by atoms with Gasteiger partial charge in [-0.3, -0.25) is 0 Å². The van der Waals surface area contributed by atoms with Crippen molar-refractivity contribution in [1.29, 1.82) is 0 Å². The van der Waals surface area contributed by atoms with E-state index in [0.29, 0.717) is 6.61 Å². The summed E-state index contributed by atoms with van der Waals surface area (Å²) in [5.41, 5.74) is 3.90. The van der Waals surface area contributed by atoms with Crippen molar-refractivity contribution in [3.8, 4) is 0 Å². The van der Waals surface area contributed by atoms with Crippen LogP contribution in [0.5, 0.6) is 0 Å². The number of ether oxygens (including phenoxy) is 1. The summed E-state index contributed by atoms with van der Waals surface area (Å²) in [5.74, 6) is -0.200. The lowest BCUT2D eigenvalue weighted by atomic mass is 10.0. The average molecular weight is 421 g/mol. The van der Waals surface area contributed by atoms with Crippen LogP contribution >= 0.6 is 0 Å². The molecule has 0 saturated heterocycles. The molecule has 2 rings (SSSR count). The van der Waals surface area contributed by atoms with E-state index >= 15 is 0 Å². The van der Waals surface area contributed by atoms with Crippen LogP contribution in [0.2, 0.25) is 0 Å². The number of pyridine rings is 1. The van der Waals surface area contributed by atoms with Gasteiger partial charge in [-0.05, 0) is 56.9 Å². The number of carbonyl (C=O) groups is 1. The van der Waals surface area contributed by atoms with E-state index in [4.69, 9.17) is 4.74 Å². The second-order valence-corrected chi connectivity index (χ2v) is 6.02. The number of aryl methyl sites for hydroxylation is 2. The fourth-order valence-corrected chi connectivity index (χ4v) is 2.87. The van der Waals surface area contributed by atoms with Gasteiger partial charge in [-0.1, -0.05) is 12.1 Å². The molecule has 0 N–H and O–H groups in total. The quantitative estimate of drug-likeness (QED) is 0.428. The van der Waals surface area contributed by atoms with Gasteiger partial charge in [-0.2, -0.15) is 4.57 Å². The molecule has 0 unspecified atom stereocenters. The van der Waals surface area contributed by atoms with Crippen LogP contribution in [0.4, 0.5) is 5.69 Å². The molecule has 0 saturated carbocycles. The number of carbonyl (C=O) groups excluding carboxylic acids is 1. The average Bonchev–Trinajstić information content (AvgIpc) is 2.63. The number of hydrogen-bond donors (Lipinski definition) is 0. The molecule has 0 aliphatic heterocycles. The largest absolute Gasteiger partial charge is 1.00 e. The van der Waals surface area contributed by atoms with Gasteiger partial charge in [-0.25, -0.2) is 4.79 Å². The fraction of sp³-hybridized carbons (Fsp3) is 0.429. The van der Waals surface area contributed by atoms with Crippen LogP contribution in [0.15, 0.2) is 48.8 Å². The van der Waals surface area contributed by atoms with Crippen molar-refractivity contribution in [1.82, 2.24) is 0 Å². The van der Waals surface area contributed by atoms with Crippen molar-refractivity contribution in [2.24, 2.45) is 0 Å². The van der Waals surface area contributed by atoms with Crippen molar-refractivity contribution >= 4 is 11.7 Å². The molecule has 5 heteroatoms. The smallest absolute Gasteiger partial charge is 0.372 e. The number of halogens is 1. The van der Waals surface area contributed by atoms with E-state index in [1.54, 1.807) is 0 Å². The third-order valence-electron chi connectivity index (χ3n) is 4.34. The summed E-state index contributed by atoms with van der Waals surface area (Å²) in [5, 5.41) is 0. The molecule has 142 valence electrons. The summed E-state index contributed by atoms with van der Waals surface area (Å²) in [4.78, 5) is 13.8. The van der Waals surface area contributed by atoms with E-state index < -0.39 is 0 Å². The van der Waals surface area contributed by atoms with Crippen LogP contribution < -0.4 is 26.4 Å². The Kier molecular flexibility index (Phi) is 9.96. The van der Waals surface area contributed by atoms with Gasteiger partial charge in [0.05, 0.1) is 6.61 Å². The van der Waals surface area contributed by atoms with Crippen molar-refractivity contribution in [3.63, 3.8) is 0 Å². The summed E-state index contributed by atoms with van der Waals surface area (Å²) >= 11 is 0. The lowest BCUT2D eigenvalue weighted by molar-refractivity contribution is -0.686. The maximum atomic E-state index is 11.5. The monoisotopic (exact) mass is 420 g/mol. The summed E-state index contributed by atoms with van der Waals surface area (Å²) in [6.07, 6.45) is 5.89. The molecular weight excluding hydrogens is 392 g/mol. The SMILES string of the molecule is CCOC(=O)C[n+]1ccc(CCc2ccc(N(CC)CC)cc2)cc1.[Br-]. The Bertz CT molecular complexity index is 653. The highest BCUT2D eigenvalue weighted by Gasteiger charge is 2.09. The van der Waals surface area contributed by atoms with Crippen molar-refractivity contribution < 1.29 is 31.1 Å². The summed E-state index contributed by atoms with van der Waals surface area (Å²) in [6, 6.07) is 13.0. The number of benzene rings is 1. The molecule has 4 nitrogen and oxygen atoms in total. The van der Waals surface area contributed by atoms with Crippen LogP contribution in [-0.4, -0.2) is 25.7 Å². The number of rotatable bonds is 9. The van der Waals surface area contributed by atoms with E-state index in [0.717, 1.165) is 25.9 Å². The van der Waals surface area contributed by atoms with Crippen molar-refractivity contribution in [2.45, 2.75) is 40.2 Å². The van der Waals surface area contributed by atoms with Gasteiger partial charge in [0.1, 0.15) is 0 Å². The van der Waals surface area contributed by atoms with Gasteiger partial charge < -0.3 is 26.6 Å². The van der Waals surface area contributed by atoms with Crippen molar-refractivity contribution in [3.05, 3.63) is 59.9 Å². The first kappa shape index (κ1) is 22.2. The lowest BCUT2D eigenvalue weighted by Crippen LogP contribution is -3.00. The van der Waals surface area contributed by atoms with Crippen LogP contribution in [0.1, 0.15) is 31.9 Å². The first-order valence-electron chi connectivity index (χ1n) is 9.13. The third-order valence-corrected chi connectivity index (χ3v) is 4.34. The van der Waals surface area contributed by atoms with Gasteiger partial charge in [0.15, 0.2) is 12.4 Å². The Morgan fingerprint density at radius 2 is 1.46 bits per heavy atom. The van der Waals surface area contributed by atoms with E-state index in [2.05, 4.69) is 55.1 Å². The molecule has 0 fully saturated rings. The standard InChI is InChI=1S/C21H29N2O2.BrH/c1-4-23(5-2)20-11-9-18(10-12-20)7-8-19-13-15-22(16-14-19)17-21(24)25-6-3;/h9-16H,4-8,17H2,1-3H3;1H/q+1;/p-1. The summed E-state index contributed by atoms with van der Waals surface area (Å²) < 4.78 is 6.81. The molecule has 0 bridgehead atoms. The van der Waals surface area contributed by atoms with Crippen molar-refractivity contribution in [2.75, 3.05) is 24.6 Å².